The second-order valence-corrected chi connectivity index (χ2v) is 4.51. The predicted octanol–water partition coefficient (Wildman–Crippen LogP) is 2.62. The van der Waals surface area contributed by atoms with Gasteiger partial charge < -0.3 is 14.6 Å². The Kier molecular flexibility index (Phi) is 3.17. The van der Waals surface area contributed by atoms with Crippen molar-refractivity contribution in [3.8, 4) is 0 Å². The molecule has 0 fully saturated rings. The van der Waals surface area contributed by atoms with E-state index in [1.807, 2.05) is 0 Å². The number of benzene rings is 1. The van der Waals surface area contributed by atoms with E-state index in [4.69, 9.17) is 4.42 Å². The minimum Gasteiger partial charge on any atom is -0.458 e. The third-order valence-corrected chi connectivity index (χ3v) is 2.80. The second kappa shape index (κ2) is 4.47. The van der Waals surface area contributed by atoms with E-state index >= 15 is 0 Å². The molecule has 1 aromatic carbocycles. The molecular weight excluding hydrogens is 223 g/mol. The first-order valence-corrected chi connectivity index (χ1v) is 5.54. The Balaban J connectivity index is 2.36. The van der Waals surface area contributed by atoms with E-state index in [-0.39, 0.29) is 17.5 Å². The molecule has 0 aliphatic rings. The lowest BCUT2D eigenvalue weighted by Crippen LogP contribution is -2.23. The fourth-order valence-corrected chi connectivity index (χ4v) is 1.71. The highest BCUT2D eigenvalue weighted by molar-refractivity contribution is 5.77. The van der Waals surface area contributed by atoms with Gasteiger partial charge in [0, 0.05) is 5.39 Å². The van der Waals surface area contributed by atoms with E-state index in [0.29, 0.717) is 11.0 Å². The molecule has 0 aliphatic carbocycles. The van der Waals surface area contributed by atoms with Crippen molar-refractivity contribution in [3.63, 3.8) is 0 Å². The van der Waals surface area contributed by atoms with Crippen LogP contribution in [0.25, 0.3) is 11.0 Å². The predicted molar refractivity (Wildman–Crippen MR) is 62.0 cm³/mol. The van der Waals surface area contributed by atoms with Crippen LogP contribution in [0.4, 0.5) is 4.39 Å². The van der Waals surface area contributed by atoms with E-state index in [9.17, 15) is 14.6 Å². The average molecular weight is 238 g/mol. The Morgan fingerprint density at radius 1 is 1.18 bits per heavy atom. The summed E-state index contributed by atoms with van der Waals surface area (Å²) in [5.74, 6) is -0.189. The molecule has 0 saturated carbocycles. The highest BCUT2D eigenvalue weighted by Crippen LogP contribution is 2.28. The molecule has 0 saturated heterocycles. The van der Waals surface area contributed by atoms with Gasteiger partial charge in [-0.15, -0.1) is 0 Å². The highest BCUT2D eigenvalue weighted by Gasteiger charge is 2.24. The van der Waals surface area contributed by atoms with Crippen LogP contribution in [0, 0.1) is 11.7 Å². The number of furan rings is 1. The van der Waals surface area contributed by atoms with Crippen LogP contribution >= 0.6 is 0 Å². The molecule has 2 N–H and O–H groups in total. The maximum Gasteiger partial charge on any atom is 0.138 e. The lowest BCUT2D eigenvalue weighted by Gasteiger charge is -2.18. The van der Waals surface area contributed by atoms with E-state index in [0.717, 1.165) is 0 Å². The van der Waals surface area contributed by atoms with Crippen molar-refractivity contribution in [2.75, 3.05) is 0 Å². The van der Waals surface area contributed by atoms with Gasteiger partial charge >= 0.3 is 0 Å². The van der Waals surface area contributed by atoms with Crippen LogP contribution in [0.15, 0.2) is 28.7 Å². The van der Waals surface area contributed by atoms with Gasteiger partial charge in [0.2, 0.25) is 0 Å². The Hall–Kier alpha value is -1.39. The van der Waals surface area contributed by atoms with Crippen molar-refractivity contribution >= 4 is 11.0 Å². The van der Waals surface area contributed by atoms with Gasteiger partial charge in [-0.3, -0.25) is 0 Å². The first-order valence-electron chi connectivity index (χ1n) is 5.54. The van der Waals surface area contributed by atoms with Crippen LogP contribution in [0.2, 0.25) is 0 Å². The minimum absolute atomic E-state index is 0.0880. The fourth-order valence-electron chi connectivity index (χ4n) is 1.71. The normalized spacial score (nSPS) is 15.4. The average Bonchev–Trinajstić information content (AvgIpc) is 2.69. The van der Waals surface area contributed by atoms with E-state index in [1.165, 1.54) is 18.2 Å². The summed E-state index contributed by atoms with van der Waals surface area (Å²) in [4.78, 5) is 0. The Morgan fingerprint density at radius 2 is 1.88 bits per heavy atom. The van der Waals surface area contributed by atoms with Gasteiger partial charge in [-0.05, 0) is 30.2 Å². The van der Waals surface area contributed by atoms with Crippen molar-refractivity contribution < 1.29 is 19.0 Å². The zero-order valence-corrected chi connectivity index (χ0v) is 9.72. The summed E-state index contributed by atoms with van der Waals surface area (Å²) in [7, 11) is 0. The topological polar surface area (TPSA) is 53.6 Å². The molecule has 92 valence electrons. The zero-order chi connectivity index (χ0) is 12.6. The summed E-state index contributed by atoms with van der Waals surface area (Å²) in [6, 6.07) is 5.68. The summed E-state index contributed by atoms with van der Waals surface area (Å²) in [6.45, 7) is 3.60. The van der Waals surface area contributed by atoms with Crippen LogP contribution in [0.1, 0.15) is 25.7 Å². The lowest BCUT2D eigenvalue weighted by atomic mass is 10.0. The van der Waals surface area contributed by atoms with Crippen molar-refractivity contribution in [2.45, 2.75) is 26.1 Å². The number of rotatable bonds is 3. The van der Waals surface area contributed by atoms with Crippen molar-refractivity contribution in [1.29, 1.82) is 0 Å². The van der Waals surface area contributed by atoms with Gasteiger partial charge in [-0.1, -0.05) is 13.8 Å². The summed E-state index contributed by atoms with van der Waals surface area (Å²) < 4.78 is 18.4. The van der Waals surface area contributed by atoms with Gasteiger partial charge in [0.1, 0.15) is 23.3 Å². The summed E-state index contributed by atoms with van der Waals surface area (Å²) in [5, 5.41) is 20.2. The molecule has 0 amide bonds. The molecule has 2 atom stereocenters. The molecule has 2 unspecified atom stereocenters. The third-order valence-electron chi connectivity index (χ3n) is 2.80. The molecule has 0 radical (unpaired) electrons. The van der Waals surface area contributed by atoms with Gasteiger partial charge in [0.05, 0.1) is 6.10 Å². The third kappa shape index (κ3) is 2.33. The molecule has 0 spiro atoms. The molecule has 3 nitrogen and oxygen atoms in total. The fraction of sp³-hybridized carbons (Fsp3) is 0.385. The van der Waals surface area contributed by atoms with Crippen LogP contribution in [0.5, 0.6) is 0 Å². The molecule has 1 heterocycles. The molecule has 2 aromatic rings. The summed E-state index contributed by atoms with van der Waals surface area (Å²) in [5.41, 5.74) is 0.497. The van der Waals surface area contributed by atoms with E-state index < -0.39 is 12.2 Å². The maximum absolute atomic E-state index is 13.0. The van der Waals surface area contributed by atoms with Crippen LogP contribution in [-0.4, -0.2) is 16.3 Å². The molecule has 0 aliphatic heterocycles. The molecule has 17 heavy (non-hydrogen) atoms. The molecule has 4 heteroatoms. The number of aliphatic hydroxyl groups excluding tert-OH is 2. The van der Waals surface area contributed by atoms with Crippen molar-refractivity contribution in [1.82, 2.24) is 0 Å². The number of fused-ring (bicyclic) bond motifs is 1. The summed E-state index contributed by atoms with van der Waals surface area (Å²) in [6.07, 6.45) is -1.99. The van der Waals surface area contributed by atoms with Crippen LogP contribution in [0.3, 0.4) is 0 Å². The highest BCUT2D eigenvalue weighted by atomic mass is 19.1. The van der Waals surface area contributed by atoms with Gasteiger partial charge in [-0.2, -0.15) is 0 Å². The Bertz CT molecular complexity index is 518. The van der Waals surface area contributed by atoms with Crippen LogP contribution in [-0.2, 0) is 0 Å². The van der Waals surface area contributed by atoms with Crippen molar-refractivity contribution in [2.24, 2.45) is 5.92 Å². The summed E-state index contributed by atoms with van der Waals surface area (Å²) >= 11 is 0. The Labute approximate surface area is 98.5 Å². The minimum atomic E-state index is -1.09. The lowest BCUT2D eigenvalue weighted by molar-refractivity contribution is -0.0197. The first-order chi connectivity index (χ1) is 7.99. The molecular formula is C13H15FO3. The SMILES string of the molecule is CC(C)C(O)C(O)c1cc2cc(F)ccc2o1. The van der Waals surface area contributed by atoms with Gasteiger partial charge in [0.25, 0.3) is 0 Å². The van der Waals surface area contributed by atoms with Gasteiger partial charge in [0.15, 0.2) is 0 Å². The Morgan fingerprint density at radius 3 is 2.53 bits per heavy atom. The quantitative estimate of drug-likeness (QED) is 0.864. The second-order valence-electron chi connectivity index (χ2n) is 4.51. The number of halogens is 1. The van der Waals surface area contributed by atoms with E-state index in [2.05, 4.69) is 0 Å². The number of aliphatic hydroxyl groups is 2. The first kappa shape index (κ1) is 12.1. The molecule has 0 bridgehead atoms. The van der Waals surface area contributed by atoms with Crippen LogP contribution < -0.4 is 0 Å². The standard InChI is InChI=1S/C13H15FO3/c1-7(2)12(15)13(16)11-6-8-5-9(14)3-4-10(8)17-11/h3-7,12-13,15-16H,1-2H3. The monoisotopic (exact) mass is 238 g/mol. The number of hydrogen-bond acceptors (Lipinski definition) is 3. The maximum atomic E-state index is 13.0. The van der Waals surface area contributed by atoms with E-state index in [1.54, 1.807) is 19.9 Å². The van der Waals surface area contributed by atoms with Crippen molar-refractivity contribution in [3.05, 3.63) is 35.8 Å². The molecule has 2 rings (SSSR count). The molecule has 1 aromatic heterocycles. The smallest absolute Gasteiger partial charge is 0.138 e. The number of hydrogen-bond donors (Lipinski definition) is 2. The van der Waals surface area contributed by atoms with Gasteiger partial charge in [-0.25, -0.2) is 4.39 Å². The largest absolute Gasteiger partial charge is 0.458 e. The zero-order valence-electron chi connectivity index (χ0n) is 9.72.